The number of ether oxygens (including phenoxy) is 1. The van der Waals surface area contributed by atoms with Crippen molar-refractivity contribution in [2.45, 2.75) is 13.0 Å². The molecule has 0 saturated carbocycles. The minimum atomic E-state index is -0.148. The minimum absolute atomic E-state index is 0.148. The Morgan fingerprint density at radius 1 is 1.50 bits per heavy atom. The van der Waals surface area contributed by atoms with Gasteiger partial charge in [-0.2, -0.15) is 0 Å². The Morgan fingerprint density at radius 2 is 2.33 bits per heavy atom. The van der Waals surface area contributed by atoms with Gasteiger partial charge in [0.05, 0.1) is 6.61 Å². The Bertz CT molecular complexity index is 509. The van der Waals surface area contributed by atoms with E-state index in [-0.39, 0.29) is 6.04 Å². The van der Waals surface area contributed by atoms with Crippen molar-refractivity contribution in [3.05, 3.63) is 48.0 Å². The average Bonchev–Trinajstić information content (AvgIpc) is 2.78. The predicted octanol–water partition coefficient (Wildman–Crippen LogP) is 1.37. The molecule has 1 atom stereocenters. The summed E-state index contributed by atoms with van der Waals surface area (Å²) in [7, 11) is 1.94. The molecule has 0 aliphatic heterocycles. The van der Waals surface area contributed by atoms with Gasteiger partial charge in [0.25, 0.3) is 0 Å². The first-order valence-electron chi connectivity index (χ1n) is 5.92. The lowest BCUT2D eigenvalue weighted by Gasteiger charge is -2.17. The molecular weight excluding hydrogens is 228 g/mol. The van der Waals surface area contributed by atoms with Gasteiger partial charge in [-0.05, 0) is 24.6 Å². The summed E-state index contributed by atoms with van der Waals surface area (Å²) in [5, 5.41) is 0. The standard InChI is InChI=1S/C13H18N4O/c1-3-18-11-6-4-5-10(9-11)12(16-14)13-15-7-8-17(13)2/h4-9,12,16H,3,14H2,1-2H3. The van der Waals surface area contributed by atoms with Crippen molar-refractivity contribution in [2.24, 2.45) is 12.9 Å². The molecule has 3 N–H and O–H groups in total. The molecule has 5 heteroatoms. The maximum Gasteiger partial charge on any atom is 0.131 e. The fraction of sp³-hybridized carbons (Fsp3) is 0.308. The highest BCUT2D eigenvalue weighted by Gasteiger charge is 2.16. The molecule has 0 bridgehead atoms. The van der Waals surface area contributed by atoms with E-state index in [1.807, 2.05) is 49.0 Å². The molecule has 1 heterocycles. The van der Waals surface area contributed by atoms with Crippen LogP contribution in [0.3, 0.4) is 0 Å². The van der Waals surface area contributed by atoms with Gasteiger partial charge in [0.2, 0.25) is 0 Å². The van der Waals surface area contributed by atoms with E-state index in [4.69, 9.17) is 10.6 Å². The van der Waals surface area contributed by atoms with Gasteiger partial charge in [0.1, 0.15) is 17.6 Å². The summed E-state index contributed by atoms with van der Waals surface area (Å²) in [6.45, 7) is 2.61. The van der Waals surface area contributed by atoms with Gasteiger partial charge in [-0.3, -0.25) is 5.84 Å². The number of hydrazine groups is 1. The maximum atomic E-state index is 5.64. The first-order chi connectivity index (χ1) is 8.76. The molecule has 18 heavy (non-hydrogen) atoms. The number of benzene rings is 1. The average molecular weight is 246 g/mol. The SMILES string of the molecule is CCOc1cccc(C(NN)c2nccn2C)c1. The van der Waals surface area contributed by atoms with E-state index in [0.717, 1.165) is 17.1 Å². The Hall–Kier alpha value is -1.85. The zero-order valence-electron chi connectivity index (χ0n) is 10.6. The normalized spacial score (nSPS) is 12.4. The number of aryl methyl sites for hydroxylation is 1. The maximum absolute atomic E-state index is 5.64. The van der Waals surface area contributed by atoms with Crippen molar-refractivity contribution in [1.82, 2.24) is 15.0 Å². The number of rotatable bonds is 5. The highest BCUT2D eigenvalue weighted by molar-refractivity contribution is 5.33. The molecule has 0 spiro atoms. The summed E-state index contributed by atoms with van der Waals surface area (Å²) in [5.41, 5.74) is 3.82. The lowest BCUT2D eigenvalue weighted by atomic mass is 10.1. The van der Waals surface area contributed by atoms with Crippen LogP contribution in [0.15, 0.2) is 36.7 Å². The Labute approximate surface area is 107 Å². The molecule has 2 rings (SSSR count). The summed E-state index contributed by atoms with van der Waals surface area (Å²) in [6.07, 6.45) is 3.65. The predicted molar refractivity (Wildman–Crippen MR) is 70.0 cm³/mol. The van der Waals surface area contributed by atoms with E-state index in [1.165, 1.54) is 0 Å². The third-order valence-electron chi connectivity index (χ3n) is 2.79. The van der Waals surface area contributed by atoms with Crippen molar-refractivity contribution in [2.75, 3.05) is 6.61 Å². The fourth-order valence-electron chi connectivity index (χ4n) is 1.93. The van der Waals surface area contributed by atoms with E-state index < -0.39 is 0 Å². The molecule has 5 nitrogen and oxygen atoms in total. The van der Waals surface area contributed by atoms with Gasteiger partial charge in [0.15, 0.2) is 0 Å². The van der Waals surface area contributed by atoms with Crippen LogP contribution < -0.4 is 16.0 Å². The number of nitrogens with one attached hydrogen (secondary N) is 1. The second-order valence-corrected chi connectivity index (χ2v) is 4.00. The van der Waals surface area contributed by atoms with Gasteiger partial charge in [0, 0.05) is 19.4 Å². The van der Waals surface area contributed by atoms with Crippen molar-refractivity contribution in [1.29, 1.82) is 0 Å². The molecule has 0 aliphatic rings. The molecule has 0 radical (unpaired) electrons. The zero-order chi connectivity index (χ0) is 13.0. The lowest BCUT2D eigenvalue weighted by molar-refractivity contribution is 0.339. The van der Waals surface area contributed by atoms with Crippen LogP contribution in [0.25, 0.3) is 0 Å². The van der Waals surface area contributed by atoms with Crippen LogP contribution in [0.2, 0.25) is 0 Å². The number of nitrogens with two attached hydrogens (primary N) is 1. The van der Waals surface area contributed by atoms with Crippen LogP contribution in [-0.4, -0.2) is 16.2 Å². The summed E-state index contributed by atoms with van der Waals surface area (Å²) in [5.74, 6) is 7.35. The molecule has 1 unspecified atom stereocenters. The van der Waals surface area contributed by atoms with E-state index in [1.54, 1.807) is 6.20 Å². The molecule has 0 amide bonds. The van der Waals surface area contributed by atoms with Gasteiger partial charge < -0.3 is 9.30 Å². The van der Waals surface area contributed by atoms with Crippen LogP contribution in [0.4, 0.5) is 0 Å². The largest absolute Gasteiger partial charge is 0.494 e. The Morgan fingerprint density at radius 3 is 2.94 bits per heavy atom. The van der Waals surface area contributed by atoms with E-state index in [9.17, 15) is 0 Å². The van der Waals surface area contributed by atoms with Crippen molar-refractivity contribution < 1.29 is 4.74 Å². The van der Waals surface area contributed by atoms with Gasteiger partial charge in [-0.25, -0.2) is 10.4 Å². The summed E-state index contributed by atoms with van der Waals surface area (Å²) >= 11 is 0. The number of imidazole rings is 1. The fourth-order valence-corrected chi connectivity index (χ4v) is 1.93. The topological polar surface area (TPSA) is 65.1 Å². The van der Waals surface area contributed by atoms with Crippen LogP contribution in [0.5, 0.6) is 5.75 Å². The molecule has 0 fully saturated rings. The third-order valence-corrected chi connectivity index (χ3v) is 2.79. The van der Waals surface area contributed by atoms with Crippen LogP contribution in [0.1, 0.15) is 24.4 Å². The molecular formula is C13H18N4O. The summed E-state index contributed by atoms with van der Waals surface area (Å²) < 4.78 is 7.44. The Balaban J connectivity index is 2.33. The third kappa shape index (κ3) is 2.52. The molecule has 0 saturated heterocycles. The van der Waals surface area contributed by atoms with Gasteiger partial charge in [-0.15, -0.1) is 0 Å². The number of hydrogen-bond donors (Lipinski definition) is 2. The van der Waals surface area contributed by atoms with Crippen LogP contribution >= 0.6 is 0 Å². The highest BCUT2D eigenvalue weighted by atomic mass is 16.5. The first kappa shape index (κ1) is 12.6. The number of hydrogen-bond acceptors (Lipinski definition) is 4. The van der Waals surface area contributed by atoms with Crippen molar-refractivity contribution in [3.8, 4) is 5.75 Å². The van der Waals surface area contributed by atoms with Crippen molar-refractivity contribution >= 4 is 0 Å². The number of aromatic nitrogens is 2. The highest BCUT2D eigenvalue weighted by Crippen LogP contribution is 2.23. The summed E-state index contributed by atoms with van der Waals surface area (Å²) in [4.78, 5) is 4.32. The Kier molecular flexibility index (Phi) is 3.96. The van der Waals surface area contributed by atoms with E-state index in [0.29, 0.717) is 6.61 Å². The molecule has 1 aromatic carbocycles. The van der Waals surface area contributed by atoms with Crippen molar-refractivity contribution in [3.63, 3.8) is 0 Å². The number of nitrogens with zero attached hydrogens (tertiary/aromatic N) is 2. The molecule has 0 aliphatic carbocycles. The molecule has 1 aromatic heterocycles. The van der Waals surface area contributed by atoms with E-state index in [2.05, 4.69) is 10.4 Å². The second-order valence-electron chi connectivity index (χ2n) is 4.00. The zero-order valence-corrected chi connectivity index (χ0v) is 10.6. The second kappa shape index (κ2) is 5.66. The molecule has 2 aromatic rings. The van der Waals surface area contributed by atoms with Crippen LogP contribution in [0, 0.1) is 0 Å². The van der Waals surface area contributed by atoms with Gasteiger partial charge in [-0.1, -0.05) is 12.1 Å². The lowest BCUT2D eigenvalue weighted by Crippen LogP contribution is -2.30. The van der Waals surface area contributed by atoms with Crippen LogP contribution in [-0.2, 0) is 7.05 Å². The monoisotopic (exact) mass is 246 g/mol. The quantitative estimate of drug-likeness (QED) is 0.618. The van der Waals surface area contributed by atoms with Gasteiger partial charge >= 0.3 is 0 Å². The smallest absolute Gasteiger partial charge is 0.131 e. The summed E-state index contributed by atoms with van der Waals surface area (Å²) in [6, 6.07) is 7.71. The first-order valence-corrected chi connectivity index (χ1v) is 5.92. The van der Waals surface area contributed by atoms with E-state index >= 15 is 0 Å². The molecule has 96 valence electrons. The minimum Gasteiger partial charge on any atom is -0.494 e.